The number of hydrogen-bond acceptors (Lipinski definition) is 2. The summed E-state index contributed by atoms with van der Waals surface area (Å²) in [4.78, 5) is 12.3. The monoisotopic (exact) mass is 311 g/mol. The van der Waals surface area contributed by atoms with Gasteiger partial charge in [-0.1, -0.05) is 30.3 Å². The van der Waals surface area contributed by atoms with E-state index in [0.717, 1.165) is 11.1 Å². The molecule has 2 atom stereocenters. The van der Waals surface area contributed by atoms with Crippen molar-refractivity contribution in [3.8, 4) is 5.75 Å². The molecule has 0 fully saturated rings. The summed E-state index contributed by atoms with van der Waals surface area (Å²) in [6.07, 6.45) is -0.536. The van der Waals surface area contributed by atoms with Crippen LogP contribution >= 0.6 is 0 Å². The van der Waals surface area contributed by atoms with Gasteiger partial charge in [0.2, 0.25) is 0 Å². The van der Waals surface area contributed by atoms with Gasteiger partial charge in [-0.2, -0.15) is 0 Å². The van der Waals surface area contributed by atoms with Crippen LogP contribution in [-0.2, 0) is 4.79 Å². The zero-order valence-corrected chi connectivity index (χ0v) is 14.5. The third-order valence-corrected chi connectivity index (χ3v) is 4.06. The summed E-state index contributed by atoms with van der Waals surface area (Å²) in [6, 6.07) is 13.9. The molecule has 23 heavy (non-hydrogen) atoms. The lowest BCUT2D eigenvalue weighted by atomic mass is 10.0. The Morgan fingerprint density at radius 3 is 2.39 bits per heavy atom. The molecule has 0 spiro atoms. The first-order valence-corrected chi connectivity index (χ1v) is 7.97. The minimum atomic E-state index is -0.536. The topological polar surface area (TPSA) is 38.3 Å². The molecule has 3 heteroatoms. The van der Waals surface area contributed by atoms with Crippen LogP contribution < -0.4 is 10.1 Å². The van der Waals surface area contributed by atoms with Crippen molar-refractivity contribution in [3.05, 3.63) is 64.7 Å². The number of amides is 1. The lowest BCUT2D eigenvalue weighted by Crippen LogP contribution is -2.37. The average Bonchev–Trinajstić information content (AvgIpc) is 2.49. The van der Waals surface area contributed by atoms with Gasteiger partial charge in [-0.3, -0.25) is 4.79 Å². The standard InChI is InChI=1S/C20H25NO2/c1-13-7-6-8-19(11-13)23-17(5)20(22)21-16(4)18-10-9-14(2)15(3)12-18/h6-12,16-17H,1-5H3,(H,21,22)/t16-,17+/m1/s1. The minimum absolute atomic E-state index is 0.0506. The zero-order chi connectivity index (χ0) is 17.0. The van der Waals surface area contributed by atoms with Crippen molar-refractivity contribution in [1.82, 2.24) is 5.32 Å². The van der Waals surface area contributed by atoms with E-state index >= 15 is 0 Å². The molecule has 3 nitrogen and oxygen atoms in total. The molecule has 0 unspecified atom stereocenters. The number of ether oxygens (including phenoxy) is 1. The predicted octanol–water partition coefficient (Wildman–Crippen LogP) is 4.26. The van der Waals surface area contributed by atoms with Crippen LogP contribution in [0.4, 0.5) is 0 Å². The first-order chi connectivity index (χ1) is 10.9. The highest BCUT2D eigenvalue weighted by Gasteiger charge is 2.18. The van der Waals surface area contributed by atoms with Crippen LogP contribution in [0.25, 0.3) is 0 Å². The van der Waals surface area contributed by atoms with Crippen molar-refractivity contribution < 1.29 is 9.53 Å². The maximum absolute atomic E-state index is 12.3. The van der Waals surface area contributed by atoms with Crippen molar-refractivity contribution in [1.29, 1.82) is 0 Å². The molecule has 0 aliphatic rings. The largest absolute Gasteiger partial charge is 0.481 e. The first kappa shape index (κ1) is 17.1. The Labute approximate surface area is 138 Å². The Morgan fingerprint density at radius 1 is 1.00 bits per heavy atom. The predicted molar refractivity (Wildman–Crippen MR) is 93.7 cm³/mol. The summed E-state index contributed by atoms with van der Waals surface area (Å²) >= 11 is 0. The van der Waals surface area contributed by atoms with E-state index in [1.807, 2.05) is 38.1 Å². The smallest absolute Gasteiger partial charge is 0.261 e. The van der Waals surface area contributed by atoms with Crippen LogP contribution in [0.3, 0.4) is 0 Å². The van der Waals surface area contributed by atoms with Crippen LogP contribution in [0.1, 0.15) is 42.1 Å². The van der Waals surface area contributed by atoms with E-state index in [4.69, 9.17) is 4.74 Å². The molecule has 0 heterocycles. The molecule has 0 aromatic heterocycles. The Bertz CT molecular complexity index is 694. The molecule has 2 aromatic carbocycles. The minimum Gasteiger partial charge on any atom is -0.481 e. The first-order valence-electron chi connectivity index (χ1n) is 7.97. The van der Waals surface area contributed by atoms with E-state index in [2.05, 4.69) is 37.4 Å². The van der Waals surface area contributed by atoms with E-state index in [0.29, 0.717) is 5.75 Å². The van der Waals surface area contributed by atoms with Gasteiger partial charge in [-0.15, -0.1) is 0 Å². The summed E-state index contributed by atoms with van der Waals surface area (Å²) in [7, 11) is 0. The molecule has 2 aromatic rings. The number of carbonyl (C=O) groups excluding carboxylic acids is 1. The summed E-state index contributed by atoms with van der Waals surface area (Å²) in [6.45, 7) is 9.92. The second-order valence-electron chi connectivity index (χ2n) is 6.15. The second kappa shape index (κ2) is 7.32. The van der Waals surface area contributed by atoms with Crippen molar-refractivity contribution >= 4 is 5.91 Å². The van der Waals surface area contributed by atoms with Gasteiger partial charge in [0, 0.05) is 0 Å². The molecule has 1 N–H and O–H groups in total. The van der Waals surface area contributed by atoms with Crippen LogP contribution in [0.15, 0.2) is 42.5 Å². The summed E-state index contributed by atoms with van der Waals surface area (Å²) in [5.41, 5.74) is 4.69. The average molecular weight is 311 g/mol. The normalized spacial score (nSPS) is 13.3. The number of carbonyl (C=O) groups is 1. The Morgan fingerprint density at radius 2 is 1.74 bits per heavy atom. The molecule has 1 amide bonds. The van der Waals surface area contributed by atoms with Crippen LogP contribution in [0, 0.1) is 20.8 Å². The highest BCUT2D eigenvalue weighted by Crippen LogP contribution is 2.18. The summed E-state index contributed by atoms with van der Waals surface area (Å²) in [5.74, 6) is 0.601. The van der Waals surface area contributed by atoms with Crippen LogP contribution in [0.5, 0.6) is 5.75 Å². The van der Waals surface area contributed by atoms with Gasteiger partial charge in [0.25, 0.3) is 5.91 Å². The Balaban J connectivity index is 1.98. The van der Waals surface area contributed by atoms with Gasteiger partial charge in [-0.25, -0.2) is 0 Å². The third-order valence-electron chi connectivity index (χ3n) is 4.06. The Hall–Kier alpha value is -2.29. The van der Waals surface area contributed by atoms with E-state index in [1.165, 1.54) is 11.1 Å². The maximum atomic E-state index is 12.3. The highest BCUT2D eigenvalue weighted by atomic mass is 16.5. The van der Waals surface area contributed by atoms with Gasteiger partial charge < -0.3 is 10.1 Å². The highest BCUT2D eigenvalue weighted by molar-refractivity contribution is 5.81. The van der Waals surface area contributed by atoms with Crippen LogP contribution in [0.2, 0.25) is 0 Å². The fourth-order valence-corrected chi connectivity index (χ4v) is 2.39. The molecule has 0 aliphatic heterocycles. The molecule has 0 bridgehead atoms. The van der Waals surface area contributed by atoms with Crippen molar-refractivity contribution in [3.63, 3.8) is 0 Å². The molecule has 2 rings (SSSR count). The van der Waals surface area contributed by atoms with Gasteiger partial charge in [0.1, 0.15) is 5.75 Å². The van der Waals surface area contributed by atoms with Gasteiger partial charge in [-0.05, 0) is 69.0 Å². The fraction of sp³-hybridized carbons (Fsp3) is 0.350. The second-order valence-corrected chi connectivity index (χ2v) is 6.15. The Kier molecular flexibility index (Phi) is 5.43. The quantitative estimate of drug-likeness (QED) is 0.896. The van der Waals surface area contributed by atoms with Crippen molar-refractivity contribution in [2.45, 2.75) is 46.8 Å². The number of aryl methyl sites for hydroxylation is 3. The summed E-state index contributed by atoms with van der Waals surface area (Å²) < 4.78 is 5.72. The number of rotatable bonds is 5. The molecule has 0 radical (unpaired) electrons. The van der Waals surface area contributed by atoms with E-state index in [1.54, 1.807) is 6.92 Å². The van der Waals surface area contributed by atoms with Gasteiger partial charge >= 0.3 is 0 Å². The molecule has 0 saturated carbocycles. The summed E-state index contributed by atoms with van der Waals surface area (Å²) in [5, 5.41) is 3.01. The lowest BCUT2D eigenvalue weighted by molar-refractivity contribution is -0.127. The molecule has 122 valence electrons. The maximum Gasteiger partial charge on any atom is 0.261 e. The number of benzene rings is 2. The number of hydrogen-bond donors (Lipinski definition) is 1. The third kappa shape index (κ3) is 4.59. The van der Waals surface area contributed by atoms with Gasteiger partial charge in [0.05, 0.1) is 6.04 Å². The lowest BCUT2D eigenvalue weighted by Gasteiger charge is -2.20. The van der Waals surface area contributed by atoms with E-state index < -0.39 is 6.10 Å². The van der Waals surface area contributed by atoms with E-state index in [-0.39, 0.29) is 11.9 Å². The molecular formula is C20H25NO2. The number of nitrogens with one attached hydrogen (secondary N) is 1. The van der Waals surface area contributed by atoms with Crippen LogP contribution in [-0.4, -0.2) is 12.0 Å². The van der Waals surface area contributed by atoms with E-state index in [9.17, 15) is 4.79 Å². The van der Waals surface area contributed by atoms with Crippen molar-refractivity contribution in [2.24, 2.45) is 0 Å². The SMILES string of the molecule is Cc1cccc(O[C@@H](C)C(=O)N[C@H](C)c2ccc(C)c(C)c2)c1. The van der Waals surface area contributed by atoms with Crippen molar-refractivity contribution in [2.75, 3.05) is 0 Å². The molecule has 0 saturated heterocycles. The molecule has 0 aliphatic carbocycles. The van der Waals surface area contributed by atoms with Gasteiger partial charge in [0.15, 0.2) is 6.10 Å². The zero-order valence-electron chi connectivity index (χ0n) is 14.5. The fourth-order valence-electron chi connectivity index (χ4n) is 2.39. The molecular weight excluding hydrogens is 286 g/mol.